The lowest BCUT2D eigenvalue weighted by Crippen LogP contribution is -2.17. The van der Waals surface area contributed by atoms with Crippen LogP contribution in [0.25, 0.3) is 10.6 Å². The van der Waals surface area contributed by atoms with Gasteiger partial charge < -0.3 is 14.9 Å². The molecule has 0 bridgehead atoms. The average molecular weight is 516 g/mol. The lowest BCUT2D eigenvalue weighted by atomic mass is 9.90. The fraction of sp³-hybridized carbons (Fsp3) is 0.462. The van der Waals surface area contributed by atoms with Crippen molar-refractivity contribution in [2.24, 2.45) is 5.92 Å². The Morgan fingerprint density at radius 3 is 2.74 bits per heavy atom. The largest absolute Gasteiger partial charge is 0.481 e. The molecule has 1 aliphatic carbocycles. The van der Waals surface area contributed by atoms with Crippen molar-refractivity contribution in [3.05, 3.63) is 51.2 Å². The van der Waals surface area contributed by atoms with Gasteiger partial charge in [0.2, 0.25) is 5.91 Å². The summed E-state index contributed by atoms with van der Waals surface area (Å²) in [7, 11) is 0. The van der Waals surface area contributed by atoms with Gasteiger partial charge in [-0.25, -0.2) is 4.98 Å². The van der Waals surface area contributed by atoms with E-state index in [1.807, 2.05) is 19.2 Å². The SMILES string of the molecule is Cc1ccc(NC(=O)C[C@H](CCC(=O)O)c2noc(-c3cnc(CC(C)C)s3)c2C2CC2)c(Cl)c1. The molecule has 9 heteroatoms. The summed E-state index contributed by atoms with van der Waals surface area (Å²) in [5, 5.41) is 18.1. The predicted molar refractivity (Wildman–Crippen MR) is 137 cm³/mol. The van der Waals surface area contributed by atoms with Crippen LogP contribution in [0.3, 0.4) is 0 Å². The number of amides is 1. The molecule has 0 saturated heterocycles. The van der Waals surface area contributed by atoms with Gasteiger partial charge in [0.05, 0.1) is 26.3 Å². The highest BCUT2D eigenvalue weighted by Crippen LogP contribution is 2.49. The zero-order valence-electron chi connectivity index (χ0n) is 20.1. The first-order valence-corrected chi connectivity index (χ1v) is 13.1. The number of nitrogens with zero attached hydrogens (tertiary/aromatic N) is 2. The van der Waals surface area contributed by atoms with E-state index in [0.29, 0.717) is 34.0 Å². The molecule has 7 nitrogen and oxygen atoms in total. The lowest BCUT2D eigenvalue weighted by Gasteiger charge is -2.16. The maximum atomic E-state index is 13.0. The molecule has 2 aromatic heterocycles. The van der Waals surface area contributed by atoms with Crippen molar-refractivity contribution >= 4 is 40.5 Å². The Hall–Kier alpha value is -2.71. The number of hydrogen-bond acceptors (Lipinski definition) is 6. The van der Waals surface area contributed by atoms with E-state index in [-0.39, 0.29) is 31.1 Å². The summed E-state index contributed by atoms with van der Waals surface area (Å²) < 4.78 is 5.84. The third-order valence-electron chi connectivity index (χ3n) is 6.03. The summed E-state index contributed by atoms with van der Waals surface area (Å²) in [6.45, 7) is 6.24. The molecule has 0 spiro atoms. The minimum Gasteiger partial charge on any atom is -0.481 e. The first-order chi connectivity index (χ1) is 16.7. The average Bonchev–Trinajstić information content (AvgIpc) is 3.36. The van der Waals surface area contributed by atoms with E-state index in [0.717, 1.165) is 40.3 Å². The normalized spacial score (nSPS) is 14.3. The summed E-state index contributed by atoms with van der Waals surface area (Å²) in [6, 6.07) is 5.43. The van der Waals surface area contributed by atoms with Crippen LogP contribution in [0.4, 0.5) is 5.69 Å². The third kappa shape index (κ3) is 6.49. The molecule has 2 N–H and O–H groups in total. The number of aliphatic carboxylic acids is 1. The van der Waals surface area contributed by atoms with Crippen LogP contribution < -0.4 is 5.32 Å². The van der Waals surface area contributed by atoms with Crippen molar-refractivity contribution in [3.8, 4) is 10.6 Å². The van der Waals surface area contributed by atoms with Crippen molar-refractivity contribution in [3.63, 3.8) is 0 Å². The number of nitrogens with one attached hydrogen (secondary N) is 1. The maximum absolute atomic E-state index is 13.0. The van der Waals surface area contributed by atoms with Gasteiger partial charge in [-0.2, -0.15) is 0 Å². The Morgan fingerprint density at radius 1 is 1.31 bits per heavy atom. The van der Waals surface area contributed by atoms with Crippen molar-refractivity contribution in [1.82, 2.24) is 10.1 Å². The van der Waals surface area contributed by atoms with Gasteiger partial charge in [0.1, 0.15) is 0 Å². The van der Waals surface area contributed by atoms with Gasteiger partial charge in [0.15, 0.2) is 5.76 Å². The molecule has 1 aromatic carbocycles. The highest BCUT2D eigenvalue weighted by molar-refractivity contribution is 7.15. The number of hydrogen-bond donors (Lipinski definition) is 2. The molecular formula is C26H30ClN3O4S. The van der Waals surface area contributed by atoms with E-state index < -0.39 is 5.97 Å². The number of benzene rings is 1. The van der Waals surface area contributed by atoms with Gasteiger partial charge >= 0.3 is 5.97 Å². The molecular weight excluding hydrogens is 486 g/mol. The van der Waals surface area contributed by atoms with Gasteiger partial charge in [-0.05, 0) is 55.7 Å². The van der Waals surface area contributed by atoms with Gasteiger partial charge in [-0.1, -0.05) is 36.7 Å². The highest BCUT2D eigenvalue weighted by atomic mass is 35.5. The number of carbonyl (C=O) groups is 2. The number of aryl methyl sites for hydroxylation is 1. The summed E-state index contributed by atoms with van der Waals surface area (Å²) >= 11 is 7.89. The summed E-state index contributed by atoms with van der Waals surface area (Å²) in [6.07, 6.45) is 5.09. The molecule has 1 aliphatic rings. The number of aromatic nitrogens is 2. The molecule has 0 unspecified atom stereocenters. The van der Waals surface area contributed by atoms with Gasteiger partial charge in [0, 0.05) is 36.9 Å². The second kappa shape index (κ2) is 10.9. The monoisotopic (exact) mass is 515 g/mol. The Kier molecular flexibility index (Phi) is 7.91. The molecule has 186 valence electrons. The Labute approximate surface area is 213 Å². The highest BCUT2D eigenvalue weighted by Gasteiger charge is 2.36. The molecule has 1 atom stereocenters. The first kappa shape index (κ1) is 25.4. The molecule has 0 aliphatic heterocycles. The molecule has 2 heterocycles. The zero-order valence-corrected chi connectivity index (χ0v) is 21.7. The number of carboxylic acid groups (broad SMARTS) is 1. The van der Waals surface area contributed by atoms with Crippen molar-refractivity contribution < 1.29 is 19.2 Å². The van der Waals surface area contributed by atoms with Gasteiger partial charge in [0.25, 0.3) is 0 Å². The molecule has 35 heavy (non-hydrogen) atoms. The maximum Gasteiger partial charge on any atom is 0.303 e. The van der Waals surface area contributed by atoms with E-state index in [9.17, 15) is 14.7 Å². The molecule has 3 aromatic rings. The number of carbonyl (C=O) groups excluding carboxylic acids is 1. The van der Waals surface area contributed by atoms with Crippen LogP contribution in [0.2, 0.25) is 5.02 Å². The Bertz CT molecular complexity index is 1220. The summed E-state index contributed by atoms with van der Waals surface area (Å²) in [5.74, 6) is -0.0142. The van der Waals surface area contributed by atoms with Crippen LogP contribution in [0.5, 0.6) is 0 Å². The quantitative estimate of drug-likeness (QED) is 0.290. The number of halogens is 1. The van der Waals surface area contributed by atoms with E-state index in [4.69, 9.17) is 16.1 Å². The minimum absolute atomic E-state index is 0.0609. The minimum atomic E-state index is -0.908. The fourth-order valence-corrected chi connectivity index (χ4v) is 5.59. The van der Waals surface area contributed by atoms with Crippen molar-refractivity contribution in [2.45, 2.75) is 71.1 Å². The van der Waals surface area contributed by atoms with Crippen molar-refractivity contribution in [1.29, 1.82) is 0 Å². The topological polar surface area (TPSA) is 105 Å². The molecule has 1 saturated carbocycles. The van der Waals surface area contributed by atoms with E-state index in [1.54, 1.807) is 23.5 Å². The number of carboxylic acids is 1. The van der Waals surface area contributed by atoms with E-state index in [2.05, 4.69) is 29.3 Å². The standard InChI is InChI=1S/C26H30ClN3O4S/c1-14(2)10-22-28-13-20(35-22)26-24(16-5-6-16)25(30-34-26)17(7-9-23(32)33)12-21(31)29-19-8-4-15(3)11-18(19)27/h4,8,11,13-14,16-17H,5-7,9-10,12H2,1-3H3,(H,29,31)(H,32,33)/t17-/m0/s1. The number of thiazole rings is 1. The smallest absolute Gasteiger partial charge is 0.303 e. The second-order valence-corrected chi connectivity index (χ2v) is 11.2. The van der Waals surface area contributed by atoms with Crippen LogP contribution in [0, 0.1) is 12.8 Å². The van der Waals surface area contributed by atoms with Crippen LogP contribution >= 0.6 is 22.9 Å². The van der Waals surface area contributed by atoms with Crippen LogP contribution in [-0.4, -0.2) is 27.1 Å². The van der Waals surface area contributed by atoms with E-state index in [1.165, 1.54) is 0 Å². The Balaban J connectivity index is 1.60. The predicted octanol–water partition coefficient (Wildman–Crippen LogP) is 6.81. The number of rotatable bonds is 11. The Morgan fingerprint density at radius 2 is 2.09 bits per heavy atom. The first-order valence-electron chi connectivity index (χ1n) is 11.9. The summed E-state index contributed by atoms with van der Waals surface area (Å²) in [5.41, 5.74) is 3.22. The van der Waals surface area contributed by atoms with Gasteiger partial charge in [-0.3, -0.25) is 9.59 Å². The lowest BCUT2D eigenvalue weighted by molar-refractivity contribution is -0.137. The van der Waals surface area contributed by atoms with Crippen LogP contribution in [0.15, 0.2) is 28.9 Å². The molecule has 0 radical (unpaired) electrons. The van der Waals surface area contributed by atoms with Crippen LogP contribution in [0.1, 0.15) is 79.6 Å². The van der Waals surface area contributed by atoms with Crippen LogP contribution in [-0.2, 0) is 16.0 Å². The third-order valence-corrected chi connectivity index (χ3v) is 7.36. The van der Waals surface area contributed by atoms with Gasteiger partial charge in [-0.15, -0.1) is 11.3 Å². The second-order valence-electron chi connectivity index (χ2n) is 9.67. The summed E-state index contributed by atoms with van der Waals surface area (Å²) in [4.78, 5) is 29.8. The number of anilines is 1. The van der Waals surface area contributed by atoms with E-state index >= 15 is 0 Å². The fourth-order valence-electron chi connectivity index (χ4n) is 4.19. The molecule has 1 fully saturated rings. The molecule has 4 rings (SSSR count). The van der Waals surface area contributed by atoms with Crippen molar-refractivity contribution in [2.75, 3.05) is 5.32 Å². The zero-order chi connectivity index (χ0) is 25.1. The molecule has 1 amide bonds.